The van der Waals surface area contributed by atoms with E-state index in [2.05, 4.69) is 6.07 Å². The van der Waals surface area contributed by atoms with Crippen molar-refractivity contribution >= 4 is 5.78 Å². The summed E-state index contributed by atoms with van der Waals surface area (Å²) in [6, 6.07) is 16.2. The number of benzene rings is 2. The van der Waals surface area contributed by atoms with Crippen LogP contribution in [0.15, 0.2) is 42.5 Å². The zero-order chi connectivity index (χ0) is 9.54. The van der Waals surface area contributed by atoms with Gasteiger partial charge in [-0.1, -0.05) is 30.3 Å². The highest BCUT2D eigenvalue weighted by atomic mass is 16.1. The maximum absolute atomic E-state index is 11.9. The van der Waals surface area contributed by atoms with Gasteiger partial charge in [0.25, 0.3) is 0 Å². The molecule has 65 valence electrons. The molecule has 0 atom stereocenters. The highest BCUT2D eigenvalue weighted by Crippen LogP contribution is 2.35. The van der Waals surface area contributed by atoms with E-state index in [-0.39, 0.29) is 5.78 Å². The number of ketones is 1. The van der Waals surface area contributed by atoms with E-state index in [1.807, 2.05) is 36.4 Å². The molecule has 1 heteroatoms. The van der Waals surface area contributed by atoms with Gasteiger partial charge in [0.1, 0.15) is 0 Å². The predicted octanol–water partition coefficient (Wildman–Crippen LogP) is 2.70. The number of fused-ring (bicyclic) bond motifs is 3. The molecule has 0 bridgehead atoms. The summed E-state index contributed by atoms with van der Waals surface area (Å²) in [5.74, 6) is 0.129. The van der Waals surface area contributed by atoms with Gasteiger partial charge in [-0.3, -0.25) is 4.79 Å². The second-order valence-electron chi connectivity index (χ2n) is 3.35. The summed E-state index contributed by atoms with van der Waals surface area (Å²) < 4.78 is 0. The third-order valence-corrected chi connectivity index (χ3v) is 2.57. The normalized spacial score (nSPS) is 12.4. The van der Waals surface area contributed by atoms with E-state index in [1.54, 1.807) is 6.07 Å². The predicted molar refractivity (Wildman–Crippen MR) is 54.1 cm³/mol. The van der Waals surface area contributed by atoms with Gasteiger partial charge in [0, 0.05) is 11.1 Å². The third-order valence-electron chi connectivity index (χ3n) is 2.57. The summed E-state index contributed by atoms with van der Waals surface area (Å²) in [5.41, 5.74) is 3.64. The fourth-order valence-corrected chi connectivity index (χ4v) is 1.91. The van der Waals surface area contributed by atoms with Crippen molar-refractivity contribution in [2.24, 2.45) is 0 Å². The molecule has 14 heavy (non-hydrogen) atoms. The van der Waals surface area contributed by atoms with Gasteiger partial charge in [-0.05, 0) is 29.3 Å². The van der Waals surface area contributed by atoms with E-state index in [0.717, 1.165) is 22.3 Å². The van der Waals surface area contributed by atoms with Crippen LogP contribution < -0.4 is 0 Å². The molecule has 1 nitrogen and oxygen atoms in total. The van der Waals surface area contributed by atoms with Crippen LogP contribution in [0.3, 0.4) is 0 Å². The van der Waals surface area contributed by atoms with Gasteiger partial charge in [-0.25, -0.2) is 0 Å². The van der Waals surface area contributed by atoms with Crippen molar-refractivity contribution in [3.05, 3.63) is 59.7 Å². The zero-order valence-corrected chi connectivity index (χ0v) is 7.45. The Hall–Kier alpha value is -1.89. The standard InChI is InChI=1S/C13H7O/c14-13-11-7-3-1-5-9(11)10-6-2-4-8-12(10)13/h1,3-8H. The van der Waals surface area contributed by atoms with Crippen LogP contribution in [-0.4, -0.2) is 5.78 Å². The Labute approximate surface area is 82.0 Å². The molecule has 2 aromatic carbocycles. The van der Waals surface area contributed by atoms with E-state index in [1.165, 1.54) is 0 Å². The van der Waals surface area contributed by atoms with Crippen LogP contribution in [0.4, 0.5) is 0 Å². The van der Waals surface area contributed by atoms with Gasteiger partial charge < -0.3 is 0 Å². The summed E-state index contributed by atoms with van der Waals surface area (Å²) in [6.07, 6.45) is 0. The molecule has 1 aliphatic carbocycles. The highest BCUT2D eigenvalue weighted by molar-refractivity contribution is 6.21. The van der Waals surface area contributed by atoms with Crippen LogP contribution in [0.25, 0.3) is 11.1 Å². The van der Waals surface area contributed by atoms with Crippen LogP contribution in [-0.2, 0) is 0 Å². The molecule has 0 unspecified atom stereocenters. The van der Waals surface area contributed by atoms with Crippen molar-refractivity contribution in [2.45, 2.75) is 0 Å². The fourth-order valence-electron chi connectivity index (χ4n) is 1.91. The molecule has 1 radical (unpaired) electrons. The first-order valence-electron chi connectivity index (χ1n) is 4.52. The molecule has 0 saturated heterocycles. The molecule has 0 aliphatic heterocycles. The smallest absolute Gasteiger partial charge is 0.194 e. The summed E-state index contributed by atoms with van der Waals surface area (Å²) >= 11 is 0. The molecular weight excluding hydrogens is 172 g/mol. The van der Waals surface area contributed by atoms with Crippen molar-refractivity contribution in [1.29, 1.82) is 0 Å². The Kier molecular flexibility index (Phi) is 1.37. The summed E-state index contributed by atoms with van der Waals surface area (Å²) in [4.78, 5) is 11.9. The Bertz CT molecular complexity index is 479. The molecule has 3 rings (SSSR count). The van der Waals surface area contributed by atoms with Crippen LogP contribution in [0.5, 0.6) is 0 Å². The Morgan fingerprint density at radius 3 is 2.43 bits per heavy atom. The van der Waals surface area contributed by atoms with Crippen molar-refractivity contribution in [3.8, 4) is 11.1 Å². The van der Waals surface area contributed by atoms with E-state index in [9.17, 15) is 4.79 Å². The number of rotatable bonds is 0. The lowest BCUT2D eigenvalue weighted by Gasteiger charge is -1.96. The minimum absolute atomic E-state index is 0.129. The lowest BCUT2D eigenvalue weighted by molar-refractivity contribution is 0.104. The molecule has 0 aromatic heterocycles. The summed E-state index contributed by atoms with van der Waals surface area (Å²) in [5, 5.41) is 0. The number of carbonyl (C=O) groups excluding carboxylic acids is 1. The van der Waals surface area contributed by atoms with Crippen molar-refractivity contribution in [2.75, 3.05) is 0 Å². The summed E-state index contributed by atoms with van der Waals surface area (Å²) in [7, 11) is 0. The second-order valence-corrected chi connectivity index (χ2v) is 3.35. The lowest BCUT2D eigenvalue weighted by Crippen LogP contribution is -1.93. The first-order valence-corrected chi connectivity index (χ1v) is 4.52. The van der Waals surface area contributed by atoms with E-state index >= 15 is 0 Å². The van der Waals surface area contributed by atoms with Gasteiger partial charge in [0.15, 0.2) is 5.78 Å². The maximum Gasteiger partial charge on any atom is 0.194 e. The Morgan fingerprint density at radius 1 is 0.857 bits per heavy atom. The van der Waals surface area contributed by atoms with Gasteiger partial charge in [0.2, 0.25) is 0 Å². The summed E-state index contributed by atoms with van der Waals surface area (Å²) in [6.45, 7) is 0. The molecule has 1 aliphatic rings. The highest BCUT2D eigenvalue weighted by Gasteiger charge is 2.24. The van der Waals surface area contributed by atoms with Crippen molar-refractivity contribution in [3.63, 3.8) is 0 Å². The van der Waals surface area contributed by atoms with E-state index < -0.39 is 0 Å². The molecule has 2 aromatic rings. The molecule has 0 fully saturated rings. The maximum atomic E-state index is 11.9. The molecule has 0 amide bonds. The minimum atomic E-state index is 0.129. The van der Waals surface area contributed by atoms with Crippen LogP contribution in [0.1, 0.15) is 15.9 Å². The van der Waals surface area contributed by atoms with Gasteiger partial charge in [-0.15, -0.1) is 0 Å². The van der Waals surface area contributed by atoms with Gasteiger partial charge in [-0.2, -0.15) is 0 Å². The minimum Gasteiger partial charge on any atom is -0.289 e. The van der Waals surface area contributed by atoms with Gasteiger partial charge in [0.05, 0.1) is 0 Å². The van der Waals surface area contributed by atoms with Gasteiger partial charge >= 0.3 is 0 Å². The third kappa shape index (κ3) is 0.814. The number of carbonyl (C=O) groups is 1. The fraction of sp³-hybridized carbons (Fsp3) is 0. The average Bonchev–Trinajstić information content (AvgIpc) is 2.55. The quantitative estimate of drug-likeness (QED) is 0.518. The average molecular weight is 179 g/mol. The Morgan fingerprint density at radius 2 is 1.57 bits per heavy atom. The van der Waals surface area contributed by atoms with Crippen LogP contribution in [0, 0.1) is 6.07 Å². The molecular formula is C13H7O. The first kappa shape index (κ1) is 7.51. The molecule has 0 N–H and O–H groups in total. The lowest BCUT2D eigenvalue weighted by atomic mass is 10.1. The van der Waals surface area contributed by atoms with Crippen LogP contribution in [0.2, 0.25) is 0 Å². The monoisotopic (exact) mass is 179 g/mol. The second kappa shape index (κ2) is 2.55. The largest absolute Gasteiger partial charge is 0.289 e. The van der Waals surface area contributed by atoms with E-state index in [0.29, 0.717) is 0 Å². The van der Waals surface area contributed by atoms with E-state index in [4.69, 9.17) is 0 Å². The molecule has 0 heterocycles. The SMILES string of the molecule is O=C1c2cc[c]cc2-c2ccccc21. The van der Waals surface area contributed by atoms with Crippen LogP contribution >= 0.6 is 0 Å². The van der Waals surface area contributed by atoms with Crippen molar-refractivity contribution in [1.82, 2.24) is 0 Å². The number of hydrogen-bond donors (Lipinski definition) is 0. The molecule has 0 saturated carbocycles. The zero-order valence-electron chi connectivity index (χ0n) is 7.45. The number of hydrogen-bond acceptors (Lipinski definition) is 1. The first-order chi connectivity index (χ1) is 6.88. The Balaban J connectivity index is 2.42. The topological polar surface area (TPSA) is 17.1 Å². The van der Waals surface area contributed by atoms with Crippen molar-refractivity contribution < 1.29 is 4.79 Å². The molecule has 0 spiro atoms.